The minimum absolute atomic E-state index is 0.299. The summed E-state index contributed by atoms with van der Waals surface area (Å²) in [5, 5.41) is 11.9. The molecule has 2 N–H and O–H groups in total. The molecular weight excluding hydrogens is 306 g/mol. The van der Waals surface area contributed by atoms with Crippen LogP contribution in [-0.4, -0.2) is 16.1 Å². The molecule has 0 saturated carbocycles. The molecule has 1 amide bonds. The van der Waals surface area contributed by atoms with Crippen molar-refractivity contribution in [1.29, 1.82) is 0 Å². The minimum atomic E-state index is -0.821. The van der Waals surface area contributed by atoms with E-state index in [2.05, 4.69) is 20.8 Å². The van der Waals surface area contributed by atoms with Gasteiger partial charge in [-0.2, -0.15) is 0 Å². The van der Waals surface area contributed by atoms with Gasteiger partial charge in [-0.25, -0.2) is 8.78 Å². The van der Waals surface area contributed by atoms with Crippen molar-refractivity contribution >= 4 is 23.3 Å². The Kier molecular flexibility index (Phi) is 3.96. The van der Waals surface area contributed by atoms with E-state index in [4.69, 9.17) is 4.42 Å². The normalized spacial score (nSPS) is 10.3. The van der Waals surface area contributed by atoms with Gasteiger partial charge in [0.25, 0.3) is 0 Å². The number of anilines is 3. The maximum atomic E-state index is 13.5. The third-order valence-corrected chi connectivity index (χ3v) is 2.85. The van der Waals surface area contributed by atoms with Gasteiger partial charge in [-0.1, -0.05) is 29.4 Å². The van der Waals surface area contributed by atoms with E-state index in [0.29, 0.717) is 5.69 Å². The fraction of sp³-hybridized carbons (Fsp3) is 0. The van der Waals surface area contributed by atoms with Crippen LogP contribution in [0.4, 0.5) is 26.2 Å². The second-order valence-electron chi connectivity index (χ2n) is 4.45. The molecule has 1 heterocycles. The lowest BCUT2D eigenvalue weighted by atomic mass is 10.3. The van der Waals surface area contributed by atoms with Crippen LogP contribution in [0.1, 0.15) is 10.7 Å². The van der Waals surface area contributed by atoms with Gasteiger partial charge >= 0.3 is 17.8 Å². The first-order valence-corrected chi connectivity index (χ1v) is 6.54. The summed E-state index contributed by atoms with van der Waals surface area (Å²) in [7, 11) is 0. The molecule has 3 rings (SSSR count). The SMILES string of the molecule is O=C(Nc1ccccc1)c1nnc(Nc2c(F)cccc2F)o1. The maximum Gasteiger partial charge on any atom is 0.320 e. The second kappa shape index (κ2) is 6.22. The molecule has 3 aromatic rings. The van der Waals surface area contributed by atoms with Gasteiger partial charge in [0.15, 0.2) is 0 Å². The third-order valence-electron chi connectivity index (χ3n) is 2.85. The van der Waals surface area contributed by atoms with E-state index in [-0.39, 0.29) is 11.9 Å². The number of aromatic nitrogens is 2. The minimum Gasteiger partial charge on any atom is -0.399 e. The average Bonchev–Trinajstić information content (AvgIpc) is 3.01. The lowest BCUT2D eigenvalue weighted by molar-refractivity contribution is 0.0991. The van der Waals surface area contributed by atoms with E-state index in [1.54, 1.807) is 30.3 Å². The van der Waals surface area contributed by atoms with Gasteiger partial charge in [-0.15, -0.1) is 5.10 Å². The summed E-state index contributed by atoms with van der Waals surface area (Å²) in [5.74, 6) is -2.61. The molecule has 0 aliphatic heterocycles. The van der Waals surface area contributed by atoms with Crippen molar-refractivity contribution in [3.05, 3.63) is 66.1 Å². The van der Waals surface area contributed by atoms with Gasteiger partial charge in [-0.05, 0) is 24.3 Å². The number of hydrogen-bond acceptors (Lipinski definition) is 5. The Morgan fingerprint density at radius 2 is 1.65 bits per heavy atom. The van der Waals surface area contributed by atoms with Crippen LogP contribution in [0.2, 0.25) is 0 Å². The van der Waals surface area contributed by atoms with E-state index in [1.165, 1.54) is 6.07 Å². The van der Waals surface area contributed by atoms with Gasteiger partial charge in [-0.3, -0.25) is 4.79 Å². The molecule has 116 valence electrons. The Labute approximate surface area is 129 Å². The van der Waals surface area contributed by atoms with Crippen LogP contribution >= 0.6 is 0 Å². The molecule has 1 aromatic heterocycles. The first kappa shape index (κ1) is 14.6. The van der Waals surface area contributed by atoms with Crippen molar-refractivity contribution in [2.24, 2.45) is 0 Å². The van der Waals surface area contributed by atoms with E-state index in [1.807, 2.05) is 0 Å². The topological polar surface area (TPSA) is 80.0 Å². The molecule has 0 unspecified atom stereocenters. The molecule has 23 heavy (non-hydrogen) atoms. The zero-order chi connectivity index (χ0) is 16.2. The molecule has 0 spiro atoms. The summed E-state index contributed by atoms with van der Waals surface area (Å²) >= 11 is 0. The number of rotatable bonds is 4. The second-order valence-corrected chi connectivity index (χ2v) is 4.45. The summed E-state index contributed by atoms with van der Waals surface area (Å²) in [6, 6.07) is 11.7. The summed E-state index contributed by atoms with van der Waals surface area (Å²) < 4.78 is 32.1. The highest BCUT2D eigenvalue weighted by Crippen LogP contribution is 2.22. The molecule has 6 nitrogen and oxygen atoms in total. The quantitative estimate of drug-likeness (QED) is 0.771. The lowest BCUT2D eigenvalue weighted by Crippen LogP contribution is -2.12. The monoisotopic (exact) mass is 316 g/mol. The fourth-order valence-corrected chi connectivity index (χ4v) is 1.80. The predicted octanol–water partition coefficient (Wildman–Crippen LogP) is 3.34. The van der Waals surface area contributed by atoms with Crippen LogP contribution in [0.3, 0.4) is 0 Å². The van der Waals surface area contributed by atoms with Crippen molar-refractivity contribution in [3.8, 4) is 0 Å². The predicted molar refractivity (Wildman–Crippen MR) is 78.3 cm³/mol. The molecule has 0 fully saturated rings. The number of amides is 1. The standard InChI is InChI=1S/C15H10F2N4O2/c16-10-7-4-8-11(17)12(10)19-15-21-20-14(23-15)13(22)18-9-5-2-1-3-6-9/h1-8H,(H,18,22)(H,19,21). The van der Waals surface area contributed by atoms with Crippen LogP contribution < -0.4 is 10.6 Å². The van der Waals surface area contributed by atoms with Crippen LogP contribution in [0.15, 0.2) is 52.9 Å². The van der Waals surface area contributed by atoms with Crippen molar-refractivity contribution in [3.63, 3.8) is 0 Å². The summed E-state index contributed by atoms with van der Waals surface area (Å²) in [4.78, 5) is 11.9. The molecule has 0 saturated heterocycles. The van der Waals surface area contributed by atoms with Gasteiger partial charge in [0, 0.05) is 5.69 Å². The maximum absolute atomic E-state index is 13.5. The first-order chi connectivity index (χ1) is 11.1. The van der Waals surface area contributed by atoms with E-state index in [9.17, 15) is 13.6 Å². The first-order valence-electron chi connectivity index (χ1n) is 6.54. The summed E-state index contributed by atoms with van der Waals surface area (Å²) in [5.41, 5.74) is 0.108. The molecule has 0 atom stereocenters. The number of benzene rings is 2. The summed E-state index contributed by atoms with van der Waals surface area (Å²) in [6.45, 7) is 0. The van der Waals surface area contributed by atoms with Crippen molar-refractivity contribution in [2.75, 3.05) is 10.6 Å². The Balaban J connectivity index is 1.74. The number of halogens is 2. The highest BCUT2D eigenvalue weighted by molar-refractivity contribution is 6.00. The van der Waals surface area contributed by atoms with Crippen molar-refractivity contribution in [2.45, 2.75) is 0 Å². The van der Waals surface area contributed by atoms with E-state index >= 15 is 0 Å². The molecule has 0 aliphatic carbocycles. The fourth-order valence-electron chi connectivity index (χ4n) is 1.80. The van der Waals surface area contributed by atoms with Crippen LogP contribution in [0.25, 0.3) is 0 Å². The molecule has 0 radical (unpaired) electrons. The van der Waals surface area contributed by atoms with Crippen LogP contribution in [0.5, 0.6) is 0 Å². The highest BCUT2D eigenvalue weighted by Gasteiger charge is 2.17. The van der Waals surface area contributed by atoms with Crippen LogP contribution in [0, 0.1) is 11.6 Å². The van der Waals surface area contributed by atoms with Gasteiger partial charge in [0.05, 0.1) is 0 Å². The molecule has 0 bridgehead atoms. The Hall–Kier alpha value is -3.29. The Morgan fingerprint density at radius 3 is 2.35 bits per heavy atom. The number of nitrogens with zero attached hydrogens (tertiary/aromatic N) is 2. The van der Waals surface area contributed by atoms with Gasteiger partial charge in [0.1, 0.15) is 17.3 Å². The zero-order valence-corrected chi connectivity index (χ0v) is 11.6. The largest absolute Gasteiger partial charge is 0.399 e. The summed E-state index contributed by atoms with van der Waals surface area (Å²) in [6.07, 6.45) is 0. The molecule has 8 heteroatoms. The number of carbonyl (C=O) groups is 1. The molecule has 0 aliphatic rings. The third kappa shape index (κ3) is 3.31. The number of para-hydroxylation sites is 2. The number of carbonyl (C=O) groups excluding carboxylic acids is 1. The van der Waals surface area contributed by atoms with Gasteiger partial charge in [0.2, 0.25) is 0 Å². The molecular formula is C15H10F2N4O2. The Morgan fingerprint density at radius 1 is 0.957 bits per heavy atom. The molecule has 2 aromatic carbocycles. The van der Waals surface area contributed by atoms with E-state index in [0.717, 1.165) is 12.1 Å². The van der Waals surface area contributed by atoms with E-state index < -0.39 is 23.2 Å². The smallest absolute Gasteiger partial charge is 0.320 e. The number of hydrogen-bond donors (Lipinski definition) is 2. The highest BCUT2D eigenvalue weighted by atomic mass is 19.1. The van der Waals surface area contributed by atoms with Crippen molar-refractivity contribution in [1.82, 2.24) is 10.2 Å². The Bertz CT molecular complexity index is 816. The van der Waals surface area contributed by atoms with Crippen molar-refractivity contribution < 1.29 is 18.0 Å². The lowest BCUT2D eigenvalue weighted by Gasteiger charge is -2.03. The number of nitrogens with one attached hydrogen (secondary N) is 2. The van der Waals surface area contributed by atoms with Gasteiger partial charge < -0.3 is 15.1 Å². The zero-order valence-electron chi connectivity index (χ0n) is 11.6. The average molecular weight is 316 g/mol. The van der Waals surface area contributed by atoms with Crippen LogP contribution in [-0.2, 0) is 0 Å².